The number of rotatable bonds is 5. The van der Waals surface area contributed by atoms with Crippen LogP contribution < -0.4 is 10.1 Å². The van der Waals surface area contributed by atoms with Gasteiger partial charge in [0.2, 0.25) is 0 Å². The normalized spacial score (nSPS) is 11.7. The number of amides is 1. The van der Waals surface area contributed by atoms with E-state index in [0.29, 0.717) is 12.3 Å². The van der Waals surface area contributed by atoms with Crippen LogP contribution in [0.4, 0.5) is 5.69 Å². The summed E-state index contributed by atoms with van der Waals surface area (Å²) >= 11 is 5.73. The van der Waals surface area contributed by atoms with Crippen molar-refractivity contribution in [2.45, 2.75) is 20.0 Å². The molecule has 98 valence electrons. The van der Waals surface area contributed by atoms with E-state index in [-0.39, 0.29) is 16.6 Å². The van der Waals surface area contributed by atoms with Crippen LogP contribution in [-0.4, -0.2) is 23.5 Å². The van der Waals surface area contributed by atoms with Gasteiger partial charge in [-0.05, 0) is 19.9 Å². The number of ether oxygens (including phenoxy) is 1. The van der Waals surface area contributed by atoms with Crippen molar-refractivity contribution in [1.29, 1.82) is 0 Å². The molecule has 1 amide bonds. The van der Waals surface area contributed by atoms with E-state index in [4.69, 9.17) is 16.3 Å². The Morgan fingerprint density at radius 3 is 2.78 bits per heavy atom. The Hall–Kier alpha value is -1.82. The van der Waals surface area contributed by atoms with Gasteiger partial charge in [0.25, 0.3) is 11.6 Å². The number of hydrogen-bond donors (Lipinski definition) is 1. The first-order valence-corrected chi connectivity index (χ1v) is 5.71. The number of benzene rings is 1. The van der Waals surface area contributed by atoms with Gasteiger partial charge < -0.3 is 10.1 Å². The fourth-order valence-electron chi connectivity index (χ4n) is 1.28. The van der Waals surface area contributed by atoms with Gasteiger partial charge in [-0.1, -0.05) is 11.6 Å². The average Bonchev–Trinajstić information content (AvgIpc) is 2.28. The molecular formula is C11H13ClN2O4. The molecule has 0 bridgehead atoms. The highest BCUT2D eigenvalue weighted by Gasteiger charge is 2.16. The topological polar surface area (TPSA) is 81.5 Å². The zero-order valence-corrected chi connectivity index (χ0v) is 10.7. The lowest BCUT2D eigenvalue weighted by Crippen LogP contribution is -2.36. The Morgan fingerprint density at radius 1 is 1.61 bits per heavy atom. The van der Waals surface area contributed by atoms with E-state index in [1.165, 1.54) is 18.2 Å². The SMILES string of the molecule is CCNC(=O)C(C)Oc1ccc([N+](=O)[O-])c(Cl)c1. The molecule has 1 aromatic rings. The van der Waals surface area contributed by atoms with Crippen molar-refractivity contribution in [3.8, 4) is 5.75 Å². The third kappa shape index (κ3) is 3.59. The zero-order chi connectivity index (χ0) is 13.7. The largest absolute Gasteiger partial charge is 0.481 e. The van der Waals surface area contributed by atoms with Crippen molar-refractivity contribution >= 4 is 23.2 Å². The third-order valence-corrected chi connectivity index (χ3v) is 2.45. The van der Waals surface area contributed by atoms with Crippen LogP contribution in [0.5, 0.6) is 5.75 Å². The van der Waals surface area contributed by atoms with Gasteiger partial charge in [0.05, 0.1) is 4.92 Å². The van der Waals surface area contributed by atoms with E-state index in [2.05, 4.69) is 5.32 Å². The molecule has 0 aliphatic heterocycles. The summed E-state index contributed by atoms with van der Waals surface area (Å²) in [4.78, 5) is 21.4. The van der Waals surface area contributed by atoms with Crippen molar-refractivity contribution in [1.82, 2.24) is 5.32 Å². The van der Waals surface area contributed by atoms with E-state index >= 15 is 0 Å². The molecule has 0 saturated carbocycles. The minimum absolute atomic E-state index is 0.0272. The summed E-state index contributed by atoms with van der Waals surface area (Å²) in [5.74, 6) is 0.0522. The van der Waals surface area contributed by atoms with Gasteiger partial charge >= 0.3 is 0 Å². The first-order valence-electron chi connectivity index (χ1n) is 5.34. The van der Waals surface area contributed by atoms with Crippen LogP contribution in [0.25, 0.3) is 0 Å². The number of likely N-dealkylation sites (N-methyl/N-ethyl adjacent to an activating group) is 1. The first-order chi connectivity index (χ1) is 8.45. The molecule has 18 heavy (non-hydrogen) atoms. The van der Waals surface area contributed by atoms with Crippen LogP contribution in [0.2, 0.25) is 5.02 Å². The molecule has 0 saturated heterocycles. The second-order valence-corrected chi connectivity index (χ2v) is 3.93. The maximum Gasteiger partial charge on any atom is 0.288 e. The molecule has 0 aromatic heterocycles. The summed E-state index contributed by atoms with van der Waals surface area (Å²) in [7, 11) is 0. The van der Waals surface area contributed by atoms with Gasteiger partial charge in [0, 0.05) is 18.7 Å². The van der Waals surface area contributed by atoms with Crippen molar-refractivity contribution < 1.29 is 14.5 Å². The fraction of sp³-hybridized carbons (Fsp3) is 0.364. The van der Waals surface area contributed by atoms with Gasteiger partial charge in [-0.15, -0.1) is 0 Å². The Labute approximate surface area is 109 Å². The van der Waals surface area contributed by atoms with E-state index in [1.807, 2.05) is 0 Å². The summed E-state index contributed by atoms with van der Waals surface area (Å²) in [6.45, 7) is 3.89. The minimum atomic E-state index is -0.692. The number of nitro benzene ring substituents is 1. The highest BCUT2D eigenvalue weighted by atomic mass is 35.5. The number of nitro groups is 1. The molecule has 0 spiro atoms. The molecule has 1 unspecified atom stereocenters. The molecule has 0 heterocycles. The van der Waals surface area contributed by atoms with Crippen LogP contribution in [0.15, 0.2) is 18.2 Å². The highest BCUT2D eigenvalue weighted by Crippen LogP contribution is 2.28. The monoisotopic (exact) mass is 272 g/mol. The highest BCUT2D eigenvalue weighted by molar-refractivity contribution is 6.32. The molecule has 7 heteroatoms. The molecule has 1 rings (SSSR count). The zero-order valence-electron chi connectivity index (χ0n) is 9.97. The lowest BCUT2D eigenvalue weighted by Gasteiger charge is -2.14. The second kappa shape index (κ2) is 6.20. The van der Waals surface area contributed by atoms with Gasteiger partial charge in [0.15, 0.2) is 6.10 Å². The van der Waals surface area contributed by atoms with Crippen LogP contribution in [0.1, 0.15) is 13.8 Å². The number of nitrogens with zero attached hydrogens (tertiary/aromatic N) is 1. The van der Waals surface area contributed by atoms with Crippen molar-refractivity contribution in [3.05, 3.63) is 33.3 Å². The molecule has 0 aliphatic rings. The van der Waals surface area contributed by atoms with Crippen LogP contribution >= 0.6 is 11.6 Å². The number of nitrogens with one attached hydrogen (secondary N) is 1. The third-order valence-electron chi connectivity index (χ3n) is 2.15. The number of carbonyl (C=O) groups excluding carboxylic acids is 1. The van der Waals surface area contributed by atoms with Crippen LogP contribution in [-0.2, 0) is 4.79 Å². The van der Waals surface area contributed by atoms with E-state index < -0.39 is 11.0 Å². The Bertz CT molecular complexity index is 464. The fourth-order valence-corrected chi connectivity index (χ4v) is 1.52. The predicted octanol–water partition coefficient (Wildman–Crippen LogP) is 2.15. The number of hydrogen-bond acceptors (Lipinski definition) is 4. The molecule has 0 fully saturated rings. The average molecular weight is 273 g/mol. The second-order valence-electron chi connectivity index (χ2n) is 3.52. The predicted molar refractivity (Wildman–Crippen MR) is 66.9 cm³/mol. The summed E-state index contributed by atoms with van der Waals surface area (Å²) in [5.41, 5.74) is -0.199. The molecule has 1 aromatic carbocycles. The van der Waals surface area contributed by atoms with Gasteiger partial charge in [-0.2, -0.15) is 0 Å². The maximum atomic E-state index is 11.4. The quantitative estimate of drug-likeness (QED) is 0.658. The first kappa shape index (κ1) is 14.2. The summed E-state index contributed by atoms with van der Waals surface area (Å²) in [5, 5.41) is 13.1. The van der Waals surface area contributed by atoms with Crippen molar-refractivity contribution in [3.63, 3.8) is 0 Å². The van der Waals surface area contributed by atoms with Gasteiger partial charge in [0.1, 0.15) is 10.8 Å². The standard InChI is InChI=1S/C11H13ClN2O4/c1-3-13-11(15)7(2)18-8-4-5-10(14(16)17)9(12)6-8/h4-7H,3H2,1-2H3,(H,13,15). The van der Waals surface area contributed by atoms with Crippen LogP contribution in [0.3, 0.4) is 0 Å². The molecule has 1 N–H and O–H groups in total. The van der Waals surface area contributed by atoms with E-state index in [9.17, 15) is 14.9 Å². The molecule has 6 nitrogen and oxygen atoms in total. The van der Waals surface area contributed by atoms with Crippen LogP contribution in [0, 0.1) is 10.1 Å². The maximum absolute atomic E-state index is 11.4. The number of carbonyl (C=O) groups is 1. The Balaban J connectivity index is 2.77. The molecule has 1 atom stereocenters. The minimum Gasteiger partial charge on any atom is -0.481 e. The van der Waals surface area contributed by atoms with Crippen molar-refractivity contribution in [2.75, 3.05) is 6.54 Å². The summed E-state index contributed by atoms with van der Waals surface area (Å²) in [6, 6.07) is 3.96. The Kier molecular flexibility index (Phi) is 4.91. The Morgan fingerprint density at radius 2 is 2.28 bits per heavy atom. The lowest BCUT2D eigenvalue weighted by molar-refractivity contribution is -0.384. The smallest absolute Gasteiger partial charge is 0.288 e. The number of halogens is 1. The van der Waals surface area contributed by atoms with Gasteiger partial charge in [-0.3, -0.25) is 14.9 Å². The van der Waals surface area contributed by atoms with Crippen molar-refractivity contribution in [2.24, 2.45) is 0 Å². The van der Waals surface area contributed by atoms with Gasteiger partial charge in [-0.25, -0.2) is 0 Å². The van der Waals surface area contributed by atoms with E-state index in [1.54, 1.807) is 13.8 Å². The van der Waals surface area contributed by atoms with E-state index in [0.717, 1.165) is 0 Å². The summed E-state index contributed by atoms with van der Waals surface area (Å²) < 4.78 is 5.33. The molecular weight excluding hydrogens is 260 g/mol. The molecule has 0 aliphatic carbocycles. The molecule has 0 radical (unpaired) electrons. The lowest BCUT2D eigenvalue weighted by atomic mass is 10.3. The summed E-state index contributed by atoms with van der Waals surface area (Å²) in [6.07, 6.45) is -0.692.